The molecule has 9 nitrogen and oxygen atoms in total. The van der Waals surface area contributed by atoms with E-state index in [0.717, 1.165) is 19.0 Å². The second kappa shape index (κ2) is 6.79. The quantitative estimate of drug-likeness (QED) is 0.638. The third-order valence-corrected chi connectivity index (χ3v) is 6.01. The van der Waals surface area contributed by atoms with Crippen molar-refractivity contribution in [3.05, 3.63) is 41.6 Å². The molecule has 160 valence electrons. The second-order valence-corrected chi connectivity index (χ2v) is 8.40. The standard InChI is InChI=1S/C21H21FN6O3/c1-11-9-31-21-13(4-14(22)5-23-21)7-27-16(12-2-3-12)10-30-17-8-28-18(26-19(17)27)15(6-24-28)20(29)25-11/h4-6,8,11-12,16H,2-3,7,9-10H2,1H3,(H,25,29)/t11-,16?/m1/s1. The summed E-state index contributed by atoms with van der Waals surface area (Å²) in [4.78, 5) is 24.0. The van der Waals surface area contributed by atoms with Crippen LogP contribution in [-0.2, 0) is 6.54 Å². The van der Waals surface area contributed by atoms with Gasteiger partial charge in [0.2, 0.25) is 5.88 Å². The molecule has 31 heavy (non-hydrogen) atoms. The van der Waals surface area contributed by atoms with E-state index >= 15 is 0 Å². The summed E-state index contributed by atoms with van der Waals surface area (Å²) in [5.41, 5.74) is 1.46. The second-order valence-electron chi connectivity index (χ2n) is 8.40. The molecule has 0 saturated heterocycles. The number of carbonyl (C=O) groups excluding carboxylic acids is 1. The Morgan fingerprint density at radius 2 is 2.10 bits per heavy atom. The summed E-state index contributed by atoms with van der Waals surface area (Å²) in [6.07, 6.45) is 6.63. The van der Waals surface area contributed by atoms with Crippen molar-refractivity contribution in [3.63, 3.8) is 0 Å². The van der Waals surface area contributed by atoms with E-state index in [9.17, 15) is 9.18 Å². The summed E-state index contributed by atoms with van der Waals surface area (Å²) >= 11 is 0. The number of fused-ring (bicyclic) bond motifs is 1. The molecule has 10 heteroatoms. The number of nitrogens with one attached hydrogen (secondary N) is 1. The Hall–Kier alpha value is -3.43. The smallest absolute Gasteiger partial charge is 0.257 e. The Balaban J connectivity index is 1.54. The molecule has 1 N–H and O–H groups in total. The normalized spacial score (nSPS) is 23.2. The Bertz CT molecular complexity index is 1190. The molecule has 0 aromatic carbocycles. The number of nitrogens with zero attached hydrogens (tertiary/aromatic N) is 5. The first-order valence-electron chi connectivity index (χ1n) is 10.4. The molecule has 3 aromatic heterocycles. The lowest BCUT2D eigenvalue weighted by Gasteiger charge is -2.38. The summed E-state index contributed by atoms with van der Waals surface area (Å²) in [5.74, 6) is 1.33. The molecule has 0 spiro atoms. The number of aromatic nitrogens is 4. The van der Waals surface area contributed by atoms with Crippen LogP contribution in [0.5, 0.6) is 11.6 Å². The highest BCUT2D eigenvalue weighted by atomic mass is 19.1. The van der Waals surface area contributed by atoms with Crippen molar-refractivity contribution in [1.82, 2.24) is 24.9 Å². The van der Waals surface area contributed by atoms with Gasteiger partial charge in [-0.1, -0.05) is 0 Å². The highest BCUT2D eigenvalue weighted by Crippen LogP contribution is 2.43. The first-order valence-corrected chi connectivity index (χ1v) is 10.4. The molecule has 3 aliphatic rings. The molecule has 1 unspecified atom stereocenters. The number of halogens is 1. The monoisotopic (exact) mass is 424 g/mol. The molecule has 1 fully saturated rings. The van der Waals surface area contributed by atoms with Crippen molar-refractivity contribution in [2.45, 2.75) is 38.4 Å². The first-order chi connectivity index (χ1) is 15.1. The predicted octanol–water partition coefficient (Wildman–Crippen LogP) is 1.95. The number of anilines is 1. The molecule has 5 heterocycles. The molecule has 2 aliphatic heterocycles. The van der Waals surface area contributed by atoms with Crippen molar-refractivity contribution in [2.24, 2.45) is 5.92 Å². The van der Waals surface area contributed by atoms with Crippen LogP contribution >= 0.6 is 0 Å². The zero-order valence-electron chi connectivity index (χ0n) is 16.9. The highest BCUT2D eigenvalue weighted by molar-refractivity contribution is 6.00. The number of pyridine rings is 1. The van der Waals surface area contributed by atoms with E-state index in [4.69, 9.17) is 14.5 Å². The van der Waals surface area contributed by atoms with Gasteiger partial charge in [-0.3, -0.25) is 4.79 Å². The van der Waals surface area contributed by atoms with Gasteiger partial charge in [-0.05, 0) is 31.7 Å². The van der Waals surface area contributed by atoms with Crippen LogP contribution in [0.15, 0.2) is 24.7 Å². The van der Waals surface area contributed by atoms with E-state index in [-0.39, 0.29) is 24.6 Å². The van der Waals surface area contributed by atoms with E-state index < -0.39 is 5.82 Å². The van der Waals surface area contributed by atoms with Crippen LogP contribution in [0.1, 0.15) is 35.7 Å². The van der Waals surface area contributed by atoms with Gasteiger partial charge in [-0.2, -0.15) is 5.10 Å². The van der Waals surface area contributed by atoms with Gasteiger partial charge in [0.15, 0.2) is 17.2 Å². The lowest BCUT2D eigenvalue weighted by molar-refractivity contribution is 0.0927. The lowest BCUT2D eigenvalue weighted by Crippen LogP contribution is -2.45. The SMILES string of the molecule is C[C@@H]1COc2ncc(F)cc2CN2c3nc4c(cnn4cc3OCC2C2CC2)C(=O)N1. The van der Waals surface area contributed by atoms with Gasteiger partial charge in [0, 0.05) is 5.56 Å². The van der Waals surface area contributed by atoms with Gasteiger partial charge in [-0.25, -0.2) is 18.9 Å². The molecule has 2 bridgehead atoms. The fraction of sp³-hybridized carbons (Fsp3) is 0.429. The molecular weight excluding hydrogens is 403 g/mol. The maximum atomic E-state index is 14.1. The van der Waals surface area contributed by atoms with Crippen LogP contribution in [0.4, 0.5) is 10.2 Å². The largest absolute Gasteiger partial charge is 0.486 e. The van der Waals surface area contributed by atoms with Crippen molar-refractivity contribution in [3.8, 4) is 11.6 Å². The van der Waals surface area contributed by atoms with Gasteiger partial charge >= 0.3 is 0 Å². The Kier molecular flexibility index (Phi) is 4.02. The topological polar surface area (TPSA) is 93.9 Å². The van der Waals surface area contributed by atoms with Crippen molar-refractivity contribution in [1.29, 1.82) is 0 Å². The summed E-state index contributed by atoms with van der Waals surface area (Å²) in [5, 5.41) is 7.19. The molecular formula is C21H21FN6O3. The van der Waals surface area contributed by atoms with Gasteiger partial charge in [0.05, 0.1) is 37.2 Å². The van der Waals surface area contributed by atoms with Crippen LogP contribution in [-0.4, -0.2) is 50.8 Å². The molecule has 6 rings (SSSR count). The van der Waals surface area contributed by atoms with Crippen LogP contribution < -0.4 is 19.7 Å². The zero-order chi connectivity index (χ0) is 21.1. The van der Waals surface area contributed by atoms with E-state index in [1.54, 1.807) is 10.7 Å². The number of carbonyl (C=O) groups is 1. The molecule has 2 atom stereocenters. The van der Waals surface area contributed by atoms with Crippen LogP contribution in [0.25, 0.3) is 5.65 Å². The molecule has 1 saturated carbocycles. The fourth-order valence-corrected chi connectivity index (χ4v) is 4.28. The molecule has 0 radical (unpaired) electrons. The van der Waals surface area contributed by atoms with Crippen molar-refractivity contribution < 1.29 is 18.7 Å². The number of hydrogen-bond acceptors (Lipinski definition) is 7. The van der Waals surface area contributed by atoms with E-state index in [1.165, 1.54) is 12.3 Å². The first kappa shape index (κ1) is 18.3. The molecule has 1 aliphatic carbocycles. The fourth-order valence-electron chi connectivity index (χ4n) is 4.28. The Morgan fingerprint density at radius 1 is 1.23 bits per heavy atom. The lowest BCUT2D eigenvalue weighted by atomic mass is 10.1. The minimum atomic E-state index is -0.425. The van der Waals surface area contributed by atoms with E-state index in [2.05, 4.69) is 20.3 Å². The summed E-state index contributed by atoms with van der Waals surface area (Å²) in [7, 11) is 0. The van der Waals surface area contributed by atoms with Gasteiger partial charge < -0.3 is 19.7 Å². The number of hydrogen-bond donors (Lipinski definition) is 1. The number of rotatable bonds is 1. The van der Waals surface area contributed by atoms with Crippen molar-refractivity contribution >= 4 is 17.4 Å². The van der Waals surface area contributed by atoms with Gasteiger partial charge in [0.1, 0.15) is 24.6 Å². The average molecular weight is 424 g/mol. The predicted molar refractivity (Wildman–Crippen MR) is 108 cm³/mol. The summed E-state index contributed by atoms with van der Waals surface area (Å²) in [6, 6.07) is 1.26. The number of amides is 1. The summed E-state index contributed by atoms with van der Waals surface area (Å²) < 4.78 is 27.6. The minimum Gasteiger partial charge on any atom is -0.486 e. The third-order valence-electron chi connectivity index (χ3n) is 6.01. The third kappa shape index (κ3) is 3.13. The minimum absolute atomic E-state index is 0.0998. The Labute approximate surface area is 177 Å². The summed E-state index contributed by atoms with van der Waals surface area (Å²) in [6.45, 7) is 2.92. The number of ether oxygens (including phenoxy) is 2. The maximum Gasteiger partial charge on any atom is 0.257 e. The Morgan fingerprint density at radius 3 is 2.94 bits per heavy atom. The van der Waals surface area contributed by atoms with Gasteiger partial charge in [0.25, 0.3) is 5.91 Å². The van der Waals surface area contributed by atoms with E-state index in [0.29, 0.717) is 53.3 Å². The molecule has 1 amide bonds. The van der Waals surface area contributed by atoms with E-state index in [1.807, 2.05) is 6.92 Å². The average Bonchev–Trinajstić information content (AvgIpc) is 3.50. The maximum absolute atomic E-state index is 14.1. The van der Waals surface area contributed by atoms with Gasteiger partial charge in [-0.15, -0.1) is 0 Å². The zero-order valence-corrected chi connectivity index (χ0v) is 16.9. The van der Waals surface area contributed by atoms with Crippen LogP contribution in [0, 0.1) is 11.7 Å². The van der Waals surface area contributed by atoms with Crippen LogP contribution in [0.2, 0.25) is 0 Å². The highest BCUT2D eigenvalue weighted by Gasteiger charge is 2.41. The van der Waals surface area contributed by atoms with Crippen molar-refractivity contribution in [2.75, 3.05) is 18.1 Å². The molecule has 3 aromatic rings. The van der Waals surface area contributed by atoms with Crippen LogP contribution in [0.3, 0.4) is 0 Å².